The van der Waals surface area contributed by atoms with Crippen molar-refractivity contribution < 1.29 is 19.1 Å². The summed E-state index contributed by atoms with van der Waals surface area (Å²) in [7, 11) is 0. The van der Waals surface area contributed by atoms with Crippen molar-refractivity contribution in [1.82, 2.24) is 14.9 Å². The molecular weight excluding hydrogens is 647 g/mol. The maximum absolute atomic E-state index is 14.5. The molecule has 52 heavy (non-hydrogen) atoms. The number of allylic oxidation sites excluding steroid dienone is 2. The second-order valence-corrected chi connectivity index (χ2v) is 19.1. The summed E-state index contributed by atoms with van der Waals surface area (Å²) in [5, 5.41) is 0. The number of carbonyl (C=O) groups is 2. The van der Waals surface area contributed by atoms with Gasteiger partial charge < -0.3 is 14.4 Å². The summed E-state index contributed by atoms with van der Waals surface area (Å²) >= 11 is 0. The predicted octanol–water partition coefficient (Wildman–Crippen LogP) is 8.67. The number of carbonyl (C=O) groups excluding carboxylic acids is 2. The molecule has 0 bridgehead atoms. The summed E-state index contributed by atoms with van der Waals surface area (Å²) in [6.45, 7) is 22.0. The van der Waals surface area contributed by atoms with Gasteiger partial charge in [0.1, 0.15) is 18.1 Å². The number of rotatable bonds is 4. The molecular formula is C45H61N3O4. The van der Waals surface area contributed by atoms with Gasteiger partial charge in [-0.2, -0.15) is 0 Å². The van der Waals surface area contributed by atoms with E-state index in [2.05, 4.69) is 54.5 Å². The second-order valence-electron chi connectivity index (χ2n) is 19.1. The number of hydrogen-bond donors (Lipinski definition) is 0. The summed E-state index contributed by atoms with van der Waals surface area (Å²) in [4.78, 5) is 40.7. The lowest BCUT2D eigenvalue weighted by Crippen LogP contribution is -2.65. The number of ether oxygens (including phenoxy) is 2. The van der Waals surface area contributed by atoms with E-state index >= 15 is 0 Å². The minimum absolute atomic E-state index is 0.0180. The normalized spacial score (nSPS) is 39.1. The number of esters is 1. The lowest BCUT2D eigenvalue weighted by Gasteiger charge is -2.71. The van der Waals surface area contributed by atoms with Crippen molar-refractivity contribution in [3.05, 3.63) is 70.3 Å². The summed E-state index contributed by atoms with van der Waals surface area (Å²) in [6.07, 6.45) is 10.6. The van der Waals surface area contributed by atoms with Crippen LogP contribution in [0.2, 0.25) is 0 Å². The van der Waals surface area contributed by atoms with Gasteiger partial charge in [-0.1, -0.05) is 90.4 Å². The van der Waals surface area contributed by atoms with E-state index in [0.29, 0.717) is 68.1 Å². The van der Waals surface area contributed by atoms with E-state index in [4.69, 9.17) is 19.4 Å². The molecule has 0 radical (unpaired) electrons. The molecule has 7 heteroatoms. The number of fused-ring (bicyclic) bond motifs is 8. The Balaban J connectivity index is 1.18. The largest absolute Gasteiger partial charge is 0.460 e. The predicted molar refractivity (Wildman–Crippen MR) is 202 cm³/mol. The number of benzene rings is 1. The number of aromatic nitrogens is 2. The molecule has 2 heterocycles. The number of aryl methyl sites for hydroxylation is 1. The summed E-state index contributed by atoms with van der Waals surface area (Å²) in [6, 6.07) is 10.1. The van der Waals surface area contributed by atoms with Crippen molar-refractivity contribution in [3.8, 4) is 0 Å². The van der Waals surface area contributed by atoms with Gasteiger partial charge >= 0.3 is 5.97 Å². The van der Waals surface area contributed by atoms with Crippen LogP contribution in [0.5, 0.6) is 0 Å². The molecule has 5 aliphatic carbocycles. The van der Waals surface area contributed by atoms with Gasteiger partial charge in [0, 0.05) is 24.1 Å². The zero-order chi connectivity index (χ0) is 36.8. The molecule has 8 rings (SSSR count). The molecule has 1 amide bonds. The average Bonchev–Trinajstić information content (AvgIpc) is 3.13. The van der Waals surface area contributed by atoms with Gasteiger partial charge in [0.15, 0.2) is 0 Å². The monoisotopic (exact) mass is 707 g/mol. The number of nitrogens with zero attached hydrogens (tertiary/aromatic N) is 3. The third-order valence-electron chi connectivity index (χ3n) is 16.5. The van der Waals surface area contributed by atoms with E-state index in [1.165, 1.54) is 0 Å². The van der Waals surface area contributed by atoms with Crippen molar-refractivity contribution in [1.29, 1.82) is 0 Å². The Kier molecular flexibility index (Phi) is 8.64. The third kappa shape index (κ3) is 5.06. The van der Waals surface area contributed by atoms with Crippen LogP contribution >= 0.6 is 0 Å². The van der Waals surface area contributed by atoms with Crippen LogP contribution in [-0.4, -0.2) is 53.0 Å². The standard InChI is InChI=1S/C45H61N3O4/c1-28-16-19-45(40(50)52-27-31-12-10-9-11-13-31)21-20-43(7)33(36(45)29(28)2)14-15-35-42(6)26-32-37(39(49)48-22-24-51-25-23-48)46-30(3)47-38(32)41(4,5)34(42)17-18-44(35,43)8/h9-14,28-29,34-36H,15-27H2,1-8H3/t28-,29-,34+,35-,36-,42+,43+,44-,45-/m1/s1. The Labute approximate surface area is 311 Å². The Bertz CT molecular complexity index is 1780. The van der Waals surface area contributed by atoms with Crippen LogP contribution in [0.15, 0.2) is 42.0 Å². The lowest BCUT2D eigenvalue weighted by molar-refractivity contribution is -0.184. The lowest BCUT2D eigenvalue weighted by atomic mass is 9.33. The Morgan fingerprint density at radius 2 is 1.65 bits per heavy atom. The van der Waals surface area contributed by atoms with Crippen LogP contribution in [0.4, 0.5) is 0 Å². The van der Waals surface area contributed by atoms with Gasteiger partial charge in [-0.3, -0.25) is 9.59 Å². The highest BCUT2D eigenvalue weighted by Crippen LogP contribution is 2.75. The van der Waals surface area contributed by atoms with E-state index < -0.39 is 5.41 Å². The fourth-order valence-corrected chi connectivity index (χ4v) is 13.4. The Morgan fingerprint density at radius 3 is 2.38 bits per heavy atom. The van der Waals surface area contributed by atoms with Crippen LogP contribution in [0.3, 0.4) is 0 Å². The molecule has 0 unspecified atom stereocenters. The first kappa shape index (κ1) is 35.9. The molecule has 6 aliphatic rings. The highest BCUT2D eigenvalue weighted by atomic mass is 16.5. The summed E-state index contributed by atoms with van der Waals surface area (Å²) in [5.41, 5.74) is 4.70. The summed E-state index contributed by atoms with van der Waals surface area (Å²) < 4.78 is 11.9. The minimum Gasteiger partial charge on any atom is -0.460 e. The molecule has 0 spiro atoms. The van der Waals surface area contributed by atoms with Crippen LogP contribution in [0.1, 0.15) is 127 Å². The zero-order valence-corrected chi connectivity index (χ0v) is 33.0. The molecule has 1 aliphatic heterocycles. The van der Waals surface area contributed by atoms with Crippen molar-refractivity contribution in [2.24, 2.45) is 51.2 Å². The molecule has 7 nitrogen and oxygen atoms in total. The molecule has 4 fully saturated rings. The van der Waals surface area contributed by atoms with E-state index in [1.54, 1.807) is 5.57 Å². The number of morpholine rings is 1. The molecule has 1 aromatic carbocycles. The van der Waals surface area contributed by atoms with Gasteiger partial charge in [0.2, 0.25) is 0 Å². The minimum atomic E-state index is -0.466. The molecule has 1 saturated heterocycles. The van der Waals surface area contributed by atoms with Crippen LogP contribution in [0, 0.1) is 58.2 Å². The molecule has 0 N–H and O–H groups in total. The van der Waals surface area contributed by atoms with E-state index in [9.17, 15) is 9.59 Å². The molecule has 1 aromatic heterocycles. The first-order valence-electron chi connectivity index (χ1n) is 20.3. The van der Waals surface area contributed by atoms with Crippen LogP contribution < -0.4 is 0 Å². The quantitative estimate of drug-likeness (QED) is 0.234. The van der Waals surface area contributed by atoms with Gasteiger partial charge in [-0.25, -0.2) is 9.97 Å². The molecule has 3 saturated carbocycles. The number of hydrogen-bond acceptors (Lipinski definition) is 6. The highest BCUT2D eigenvalue weighted by molar-refractivity contribution is 5.94. The van der Waals surface area contributed by atoms with E-state index in [-0.39, 0.29) is 39.5 Å². The van der Waals surface area contributed by atoms with Gasteiger partial charge in [0.25, 0.3) is 5.91 Å². The van der Waals surface area contributed by atoms with Crippen molar-refractivity contribution in [2.45, 2.75) is 119 Å². The maximum Gasteiger partial charge on any atom is 0.313 e. The molecule has 9 atom stereocenters. The molecule has 2 aromatic rings. The SMILES string of the molecule is Cc1nc(C(=O)N2CCOCC2)c2c(n1)C(C)(C)[C@@H]1CC[C@]3(C)[C@H](CC=C4[C@H]5[C@H](C)[C@H](C)CC[C@@]5(C(=O)OCc5ccccc5)CC[C@@]43C)[C@@]1(C)C2. The van der Waals surface area contributed by atoms with Gasteiger partial charge in [0.05, 0.1) is 24.3 Å². The topological polar surface area (TPSA) is 81.6 Å². The smallest absolute Gasteiger partial charge is 0.313 e. The van der Waals surface area contributed by atoms with Crippen LogP contribution in [-0.2, 0) is 32.7 Å². The molecule has 280 valence electrons. The Morgan fingerprint density at radius 1 is 0.923 bits per heavy atom. The van der Waals surface area contributed by atoms with Crippen molar-refractivity contribution in [2.75, 3.05) is 26.3 Å². The average molecular weight is 708 g/mol. The first-order valence-corrected chi connectivity index (χ1v) is 20.3. The number of amides is 1. The highest BCUT2D eigenvalue weighted by Gasteiger charge is 2.70. The van der Waals surface area contributed by atoms with E-state index in [0.717, 1.165) is 68.2 Å². The first-order chi connectivity index (χ1) is 24.7. The fraction of sp³-hybridized carbons (Fsp3) is 0.689. The third-order valence-corrected chi connectivity index (χ3v) is 16.5. The summed E-state index contributed by atoms with van der Waals surface area (Å²) in [5.74, 6) is 2.77. The van der Waals surface area contributed by atoms with Gasteiger partial charge in [-0.15, -0.1) is 0 Å². The van der Waals surface area contributed by atoms with Crippen molar-refractivity contribution >= 4 is 11.9 Å². The van der Waals surface area contributed by atoms with E-state index in [1.807, 2.05) is 42.2 Å². The zero-order valence-electron chi connectivity index (χ0n) is 33.0. The van der Waals surface area contributed by atoms with Gasteiger partial charge in [-0.05, 0) is 110 Å². The fourth-order valence-electron chi connectivity index (χ4n) is 13.4. The maximum atomic E-state index is 14.5. The van der Waals surface area contributed by atoms with Crippen molar-refractivity contribution in [3.63, 3.8) is 0 Å². The van der Waals surface area contributed by atoms with Crippen LogP contribution in [0.25, 0.3) is 0 Å². The Hall–Kier alpha value is -3.06. The second kappa shape index (κ2) is 12.5.